The number of anilines is 1. The van der Waals surface area contributed by atoms with Gasteiger partial charge in [-0.15, -0.1) is 0 Å². The maximum atomic E-state index is 12.8. The van der Waals surface area contributed by atoms with Gasteiger partial charge in [-0.25, -0.2) is 4.98 Å². The minimum atomic E-state index is -3.99. The standard InChI is InChI=1S/C19H31BN4O6S/c1-17(2)18(3,4)30-20(29-17)10-7-8-14-12-24(13-19(14,21)16(25)26)31(27,28)23-15-9-5-6-11-22-15/h5-6,9,11,14H,7-8,10,12-13,21H2,1-4H3,(H,22,23)(H,25,26)/t14-,19-/m0/s1. The van der Waals surface area contributed by atoms with Crippen LogP contribution in [-0.4, -0.2) is 65.7 Å². The SMILES string of the molecule is CC1(C)OB(CCC[C@H]2CN(S(=O)(=O)Nc3ccccn3)C[C@@]2(N)C(=O)O)OC1(C)C. The highest BCUT2D eigenvalue weighted by molar-refractivity contribution is 7.90. The number of hydrogen-bond acceptors (Lipinski definition) is 7. The molecule has 1 aromatic rings. The number of carboxylic acids is 1. The van der Waals surface area contributed by atoms with Gasteiger partial charge in [0.15, 0.2) is 0 Å². The average Bonchev–Trinajstić information content (AvgIpc) is 3.10. The summed E-state index contributed by atoms with van der Waals surface area (Å²) >= 11 is 0. The number of pyridine rings is 1. The van der Waals surface area contributed by atoms with Crippen molar-refractivity contribution in [2.75, 3.05) is 17.8 Å². The Labute approximate surface area is 183 Å². The summed E-state index contributed by atoms with van der Waals surface area (Å²) in [6.45, 7) is 7.57. The second-order valence-corrected chi connectivity index (χ2v) is 10.9. The predicted molar refractivity (Wildman–Crippen MR) is 117 cm³/mol. The molecule has 3 rings (SSSR count). The first-order valence-electron chi connectivity index (χ1n) is 10.3. The summed E-state index contributed by atoms with van der Waals surface area (Å²) < 4.78 is 40.9. The summed E-state index contributed by atoms with van der Waals surface area (Å²) in [5, 5.41) is 9.74. The van der Waals surface area contributed by atoms with Gasteiger partial charge in [0.2, 0.25) is 0 Å². The van der Waals surface area contributed by atoms with Crippen LogP contribution in [0.3, 0.4) is 0 Å². The average molecular weight is 454 g/mol. The first kappa shape index (κ1) is 23.9. The van der Waals surface area contributed by atoms with Gasteiger partial charge in [-0.05, 0) is 52.6 Å². The molecule has 2 saturated heterocycles. The molecule has 1 aromatic heterocycles. The van der Waals surface area contributed by atoms with Crippen LogP contribution < -0.4 is 10.5 Å². The first-order chi connectivity index (χ1) is 14.3. The van der Waals surface area contributed by atoms with E-state index in [1.807, 2.05) is 27.7 Å². The monoisotopic (exact) mass is 454 g/mol. The highest BCUT2D eigenvalue weighted by Crippen LogP contribution is 2.39. The predicted octanol–water partition coefficient (Wildman–Crippen LogP) is 1.32. The molecule has 2 aliphatic rings. The van der Waals surface area contributed by atoms with Crippen molar-refractivity contribution in [3.8, 4) is 0 Å². The highest BCUT2D eigenvalue weighted by Gasteiger charge is 2.53. The van der Waals surface area contributed by atoms with Crippen LogP contribution in [0.1, 0.15) is 40.5 Å². The van der Waals surface area contributed by atoms with Crippen LogP contribution in [-0.2, 0) is 24.3 Å². The van der Waals surface area contributed by atoms with Crippen LogP contribution in [0, 0.1) is 5.92 Å². The molecule has 0 aromatic carbocycles. The van der Waals surface area contributed by atoms with Crippen molar-refractivity contribution in [3.63, 3.8) is 0 Å². The Bertz CT molecular complexity index is 897. The van der Waals surface area contributed by atoms with E-state index < -0.39 is 46.0 Å². The first-order valence-corrected chi connectivity index (χ1v) is 11.8. The zero-order chi connectivity index (χ0) is 23.1. The number of hydrogen-bond donors (Lipinski definition) is 3. The number of aliphatic carboxylic acids is 1. The van der Waals surface area contributed by atoms with Gasteiger partial charge in [0.05, 0.1) is 11.2 Å². The maximum Gasteiger partial charge on any atom is 0.457 e. The van der Waals surface area contributed by atoms with Gasteiger partial charge in [-0.3, -0.25) is 9.52 Å². The third kappa shape index (κ3) is 4.88. The Morgan fingerprint density at radius 3 is 2.52 bits per heavy atom. The van der Waals surface area contributed by atoms with E-state index in [0.29, 0.717) is 19.2 Å². The Morgan fingerprint density at radius 1 is 1.32 bits per heavy atom. The lowest BCUT2D eigenvalue weighted by molar-refractivity contribution is -0.144. The number of nitrogens with zero attached hydrogens (tertiary/aromatic N) is 2. The van der Waals surface area contributed by atoms with Crippen molar-refractivity contribution in [3.05, 3.63) is 24.4 Å². The largest absolute Gasteiger partial charge is 0.480 e. The van der Waals surface area contributed by atoms with Gasteiger partial charge < -0.3 is 20.1 Å². The fourth-order valence-corrected chi connectivity index (χ4v) is 5.18. The van der Waals surface area contributed by atoms with Crippen molar-refractivity contribution in [1.29, 1.82) is 0 Å². The van der Waals surface area contributed by atoms with Gasteiger partial charge in [-0.2, -0.15) is 12.7 Å². The van der Waals surface area contributed by atoms with Gasteiger partial charge >= 0.3 is 23.3 Å². The molecule has 0 radical (unpaired) electrons. The zero-order valence-electron chi connectivity index (χ0n) is 18.4. The summed E-state index contributed by atoms with van der Waals surface area (Å²) in [6.07, 6.45) is 3.06. The summed E-state index contributed by atoms with van der Waals surface area (Å²) in [5.41, 5.74) is 3.65. The molecule has 3 heterocycles. The molecule has 0 unspecified atom stereocenters. The Kier molecular flexibility index (Phi) is 6.42. The van der Waals surface area contributed by atoms with Gasteiger partial charge in [-0.1, -0.05) is 12.5 Å². The van der Waals surface area contributed by atoms with E-state index in [-0.39, 0.29) is 18.9 Å². The van der Waals surface area contributed by atoms with E-state index in [9.17, 15) is 18.3 Å². The minimum absolute atomic E-state index is 0.00827. The minimum Gasteiger partial charge on any atom is -0.480 e. The molecule has 0 amide bonds. The number of rotatable bonds is 8. The number of carboxylic acid groups (broad SMARTS) is 1. The van der Waals surface area contributed by atoms with E-state index in [4.69, 9.17) is 15.0 Å². The van der Waals surface area contributed by atoms with E-state index in [2.05, 4.69) is 9.71 Å². The number of carbonyl (C=O) groups is 1. The quantitative estimate of drug-likeness (QED) is 0.499. The van der Waals surface area contributed by atoms with Gasteiger partial charge in [0.25, 0.3) is 0 Å². The molecule has 0 spiro atoms. The van der Waals surface area contributed by atoms with E-state index in [0.717, 1.165) is 4.31 Å². The smallest absolute Gasteiger partial charge is 0.457 e. The fourth-order valence-electron chi connectivity index (χ4n) is 3.90. The molecule has 4 N–H and O–H groups in total. The van der Waals surface area contributed by atoms with Gasteiger partial charge in [0, 0.05) is 25.2 Å². The summed E-state index contributed by atoms with van der Waals surface area (Å²) in [6, 6.07) is 4.83. The third-order valence-electron chi connectivity index (χ3n) is 6.52. The molecule has 172 valence electrons. The van der Waals surface area contributed by atoms with Crippen LogP contribution in [0.25, 0.3) is 0 Å². The number of aromatic nitrogens is 1. The molecule has 0 bridgehead atoms. The van der Waals surface area contributed by atoms with Crippen molar-refractivity contribution < 1.29 is 27.6 Å². The molecular formula is C19H31BN4O6S. The van der Waals surface area contributed by atoms with Crippen LogP contribution in [0.2, 0.25) is 6.32 Å². The number of nitrogens with two attached hydrogens (primary N) is 1. The van der Waals surface area contributed by atoms with Crippen molar-refractivity contribution in [1.82, 2.24) is 9.29 Å². The van der Waals surface area contributed by atoms with Crippen molar-refractivity contribution in [2.24, 2.45) is 11.7 Å². The fraction of sp³-hybridized carbons (Fsp3) is 0.684. The Hall–Kier alpha value is -1.73. The van der Waals surface area contributed by atoms with E-state index in [1.54, 1.807) is 12.1 Å². The topological polar surface area (TPSA) is 144 Å². The summed E-state index contributed by atoms with van der Waals surface area (Å²) in [7, 11) is -4.39. The summed E-state index contributed by atoms with van der Waals surface area (Å²) in [5.74, 6) is -1.61. The number of nitrogens with one attached hydrogen (secondary N) is 1. The normalized spacial score (nSPS) is 28.0. The lowest BCUT2D eigenvalue weighted by atomic mass is 9.78. The molecule has 12 heteroatoms. The molecule has 2 aliphatic heterocycles. The second-order valence-electron chi connectivity index (χ2n) is 9.27. The molecular weight excluding hydrogens is 423 g/mol. The van der Waals surface area contributed by atoms with Crippen LogP contribution in [0.4, 0.5) is 5.82 Å². The van der Waals surface area contributed by atoms with E-state index >= 15 is 0 Å². The Balaban J connectivity index is 1.64. The van der Waals surface area contributed by atoms with Crippen molar-refractivity contribution >= 4 is 29.1 Å². The lowest BCUT2D eigenvalue weighted by Gasteiger charge is -2.32. The Morgan fingerprint density at radius 2 is 1.97 bits per heavy atom. The molecule has 0 saturated carbocycles. The molecule has 2 atom stereocenters. The summed E-state index contributed by atoms with van der Waals surface area (Å²) in [4.78, 5) is 15.9. The van der Waals surface area contributed by atoms with Crippen LogP contribution in [0.5, 0.6) is 0 Å². The van der Waals surface area contributed by atoms with E-state index in [1.165, 1.54) is 12.3 Å². The zero-order valence-corrected chi connectivity index (χ0v) is 19.2. The third-order valence-corrected chi connectivity index (χ3v) is 7.95. The van der Waals surface area contributed by atoms with Gasteiger partial charge in [0.1, 0.15) is 11.4 Å². The van der Waals surface area contributed by atoms with Crippen molar-refractivity contribution in [2.45, 2.75) is 63.6 Å². The van der Waals surface area contributed by atoms with Crippen LogP contribution >= 0.6 is 0 Å². The molecule has 0 aliphatic carbocycles. The van der Waals surface area contributed by atoms with Crippen LogP contribution in [0.15, 0.2) is 24.4 Å². The second kappa shape index (κ2) is 8.32. The molecule has 31 heavy (non-hydrogen) atoms. The maximum absolute atomic E-state index is 12.8. The lowest BCUT2D eigenvalue weighted by Crippen LogP contribution is -2.55. The molecule has 10 nitrogen and oxygen atoms in total. The molecule has 2 fully saturated rings. The highest BCUT2D eigenvalue weighted by atomic mass is 32.2.